The first kappa shape index (κ1) is 19.8. The predicted octanol–water partition coefficient (Wildman–Crippen LogP) is 5.41. The minimum atomic E-state index is -0.00163. The van der Waals surface area contributed by atoms with Gasteiger partial charge in [0.25, 0.3) is 0 Å². The molecular weight excluding hydrogens is 376 g/mol. The van der Waals surface area contributed by atoms with Crippen molar-refractivity contribution in [3.05, 3.63) is 40.3 Å². The van der Waals surface area contributed by atoms with Gasteiger partial charge in [-0.15, -0.1) is 23.1 Å². The van der Waals surface area contributed by atoms with Crippen LogP contribution in [0.1, 0.15) is 48.1 Å². The number of aryl methyl sites for hydroxylation is 1. The highest BCUT2D eigenvalue weighted by Gasteiger charge is 2.20. The van der Waals surface area contributed by atoms with Crippen molar-refractivity contribution in [2.24, 2.45) is 0 Å². The predicted molar refractivity (Wildman–Crippen MR) is 112 cm³/mol. The van der Waals surface area contributed by atoms with Gasteiger partial charge >= 0.3 is 0 Å². The second kappa shape index (κ2) is 9.82. The van der Waals surface area contributed by atoms with E-state index in [1.54, 1.807) is 30.2 Å². The maximum atomic E-state index is 12.3. The van der Waals surface area contributed by atoms with Crippen LogP contribution in [0.2, 0.25) is 0 Å². The molecule has 142 valence electrons. The number of nitrogens with one attached hydrogen (secondary N) is 1. The maximum absolute atomic E-state index is 12.3. The first-order chi connectivity index (χ1) is 13.2. The summed E-state index contributed by atoms with van der Waals surface area (Å²) in [7, 11) is 1.66. The highest BCUT2D eigenvalue weighted by atomic mass is 32.2. The molecule has 6 heteroatoms. The maximum Gasteiger partial charge on any atom is 0.225 e. The summed E-state index contributed by atoms with van der Waals surface area (Å²) in [5.41, 5.74) is 1.86. The summed E-state index contributed by atoms with van der Waals surface area (Å²) in [6.45, 7) is 0. The van der Waals surface area contributed by atoms with Gasteiger partial charge in [-0.1, -0.05) is 6.42 Å². The standard InChI is InChI=1S/C21H24N2O2S2/c1-25-15-9-11-16(12-10-15)26-13-5-8-20(24)23-21-18(14-22)17-6-3-2-4-7-19(17)27-21/h9-12H,2-8,13H2,1H3,(H,23,24). The third kappa shape index (κ3) is 5.27. The molecule has 1 aromatic heterocycles. The molecule has 0 saturated carbocycles. The van der Waals surface area contributed by atoms with Gasteiger partial charge in [0.2, 0.25) is 5.91 Å². The van der Waals surface area contributed by atoms with E-state index in [1.165, 1.54) is 28.2 Å². The fraction of sp³-hybridized carbons (Fsp3) is 0.429. The summed E-state index contributed by atoms with van der Waals surface area (Å²) in [5.74, 6) is 1.73. The number of rotatable bonds is 7. The van der Waals surface area contributed by atoms with Crippen LogP contribution in [0.15, 0.2) is 29.2 Å². The van der Waals surface area contributed by atoms with Crippen molar-refractivity contribution in [1.82, 2.24) is 0 Å². The lowest BCUT2D eigenvalue weighted by Gasteiger charge is -2.05. The zero-order chi connectivity index (χ0) is 19.1. The third-order valence-electron chi connectivity index (χ3n) is 4.66. The van der Waals surface area contributed by atoms with Crippen LogP contribution < -0.4 is 10.1 Å². The molecule has 0 bridgehead atoms. The Hall–Kier alpha value is -1.97. The van der Waals surface area contributed by atoms with Crippen molar-refractivity contribution in [2.75, 3.05) is 18.2 Å². The summed E-state index contributed by atoms with van der Waals surface area (Å²) >= 11 is 3.33. The molecule has 1 amide bonds. The molecule has 2 aromatic rings. The summed E-state index contributed by atoms with van der Waals surface area (Å²) in [6.07, 6.45) is 6.79. The highest BCUT2D eigenvalue weighted by molar-refractivity contribution is 7.99. The van der Waals surface area contributed by atoms with Gasteiger partial charge in [-0.25, -0.2) is 0 Å². The second-order valence-corrected chi connectivity index (χ2v) is 8.83. The molecular formula is C21H24N2O2S2. The van der Waals surface area contributed by atoms with Crippen molar-refractivity contribution in [3.63, 3.8) is 0 Å². The molecule has 0 saturated heterocycles. The molecule has 1 N–H and O–H groups in total. The van der Waals surface area contributed by atoms with Gasteiger partial charge in [0.05, 0.1) is 12.7 Å². The van der Waals surface area contributed by atoms with Gasteiger partial charge in [0.1, 0.15) is 16.8 Å². The monoisotopic (exact) mass is 400 g/mol. The third-order valence-corrected chi connectivity index (χ3v) is 6.97. The van der Waals surface area contributed by atoms with E-state index in [9.17, 15) is 10.1 Å². The number of fused-ring (bicyclic) bond motifs is 1. The number of benzene rings is 1. The number of hydrogen-bond donors (Lipinski definition) is 1. The van der Waals surface area contributed by atoms with Crippen LogP contribution >= 0.6 is 23.1 Å². The number of anilines is 1. The largest absolute Gasteiger partial charge is 0.497 e. The Morgan fingerprint density at radius 2 is 2.04 bits per heavy atom. The van der Waals surface area contributed by atoms with Gasteiger partial charge in [-0.3, -0.25) is 4.79 Å². The number of nitrogens with zero attached hydrogens (tertiary/aromatic N) is 1. The van der Waals surface area contributed by atoms with Crippen LogP contribution in [0.5, 0.6) is 5.75 Å². The number of amides is 1. The van der Waals surface area contributed by atoms with E-state index in [0.717, 1.165) is 42.2 Å². The minimum Gasteiger partial charge on any atom is -0.497 e. The van der Waals surface area contributed by atoms with E-state index in [0.29, 0.717) is 12.0 Å². The van der Waals surface area contributed by atoms with Crippen molar-refractivity contribution in [3.8, 4) is 11.8 Å². The van der Waals surface area contributed by atoms with Crippen molar-refractivity contribution in [2.45, 2.75) is 49.8 Å². The lowest BCUT2D eigenvalue weighted by molar-refractivity contribution is -0.116. The normalized spacial score (nSPS) is 13.3. The van der Waals surface area contributed by atoms with E-state index in [1.807, 2.05) is 24.3 Å². The Kier molecular flexibility index (Phi) is 7.19. The van der Waals surface area contributed by atoms with Crippen LogP contribution in [0.3, 0.4) is 0 Å². The van der Waals surface area contributed by atoms with Crippen LogP contribution in [0.25, 0.3) is 0 Å². The Balaban J connectivity index is 1.48. The number of ether oxygens (including phenoxy) is 1. The van der Waals surface area contributed by atoms with Crippen LogP contribution in [-0.2, 0) is 17.6 Å². The molecule has 1 heterocycles. The van der Waals surface area contributed by atoms with Gasteiger partial charge in [-0.2, -0.15) is 5.26 Å². The number of thioether (sulfide) groups is 1. The Bertz CT molecular complexity index is 822. The molecule has 0 fully saturated rings. The fourth-order valence-corrected chi connectivity index (χ4v) is 5.34. The molecule has 0 radical (unpaired) electrons. The zero-order valence-electron chi connectivity index (χ0n) is 15.5. The van der Waals surface area contributed by atoms with Gasteiger partial charge < -0.3 is 10.1 Å². The molecule has 0 spiro atoms. The average Bonchev–Trinajstić information content (AvgIpc) is 2.85. The van der Waals surface area contributed by atoms with Crippen LogP contribution in [0.4, 0.5) is 5.00 Å². The van der Waals surface area contributed by atoms with Crippen molar-refractivity contribution >= 4 is 34.0 Å². The first-order valence-corrected chi connectivity index (χ1v) is 11.1. The summed E-state index contributed by atoms with van der Waals surface area (Å²) < 4.78 is 5.15. The zero-order valence-corrected chi connectivity index (χ0v) is 17.2. The highest BCUT2D eigenvalue weighted by Crippen LogP contribution is 2.37. The molecule has 3 rings (SSSR count). The lowest BCUT2D eigenvalue weighted by Crippen LogP contribution is -2.11. The molecule has 27 heavy (non-hydrogen) atoms. The Morgan fingerprint density at radius 1 is 1.26 bits per heavy atom. The number of thiophene rings is 1. The molecule has 0 atom stereocenters. The number of carbonyl (C=O) groups is 1. The lowest BCUT2D eigenvalue weighted by atomic mass is 10.1. The van der Waals surface area contributed by atoms with Gasteiger partial charge in [0.15, 0.2) is 0 Å². The van der Waals surface area contributed by atoms with E-state index in [4.69, 9.17) is 4.74 Å². The van der Waals surface area contributed by atoms with Gasteiger partial charge in [-0.05, 0) is 67.7 Å². The van der Waals surface area contributed by atoms with Crippen LogP contribution in [0, 0.1) is 11.3 Å². The number of carbonyl (C=O) groups excluding carboxylic acids is 1. The average molecular weight is 401 g/mol. The topological polar surface area (TPSA) is 62.1 Å². The number of nitriles is 1. The molecule has 1 aliphatic carbocycles. The van der Waals surface area contributed by atoms with Crippen molar-refractivity contribution in [1.29, 1.82) is 5.26 Å². The molecule has 4 nitrogen and oxygen atoms in total. The molecule has 1 aliphatic rings. The fourth-order valence-electron chi connectivity index (χ4n) is 3.23. The molecule has 0 aliphatic heterocycles. The smallest absolute Gasteiger partial charge is 0.225 e. The number of hydrogen-bond acceptors (Lipinski definition) is 5. The first-order valence-electron chi connectivity index (χ1n) is 9.32. The van der Waals surface area contributed by atoms with E-state index >= 15 is 0 Å². The summed E-state index contributed by atoms with van der Waals surface area (Å²) in [5, 5.41) is 13.3. The van der Waals surface area contributed by atoms with Gasteiger partial charge in [0, 0.05) is 16.2 Å². The molecule has 1 aromatic carbocycles. The Morgan fingerprint density at radius 3 is 2.78 bits per heavy atom. The summed E-state index contributed by atoms with van der Waals surface area (Å²) in [6, 6.07) is 10.3. The number of methoxy groups -OCH3 is 1. The second-order valence-electron chi connectivity index (χ2n) is 6.56. The minimum absolute atomic E-state index is 0.00163. The Labute approximate surface area is 168 Å². The molecule has 0 unspecified atom stereocenters. The quantitative estimate of drug-likeness (QED) is 0.383. The van der Waals surface area contributed by atoms with E-state index < -0.39 is 0 Å². The van der Waals surface area contributed by atoms with E-state index in [-0.39, 0.29) is 5.91 Å². The van der Waals surface area contributed by atoms with Crippen LogP contribution in [-0.4, -0.2) is 18.8 Å². The van der Waals surface area contributed by atoms with Crippen molar-refractivity contribution < 1.29 is 9.53 Å². The SMILES string of the molecule is COc1ccc(SCCCC(=O)Nc2sc3c(c2C#N)CCCCC3)cc1. The summed E-state index contributed by atoms with van der Waals surface area (Å²) in [4.78, 5) is 14.8. The van der Waals surface area contributed by atoms with E-state index in [2.05, 4.69) is 11.4 Å².